The molecule has 0 saturated heterocycles. The molecule has 0 aliphatic carbocycles. The fraction of sp³-hybridized carbons (Fsp3) is 0.308. The van der Waals surface area contributed by atoms with Gasteiger partial charge in [-0.25, -0.2) is 0 Å². The SMILES string of the molecule is CC(C)=CCNC(=O)c1cccc(N)c1C. The maximum Gasteiger partial charge on any atom is 0.251 e. The van der Waals surface area contributed by atoms with E-state index in [1.807, 2.05) is 26.8 Å². The number of hydrogen-bond donors (Lipinski definition) is 2. The van der Waals surface area contributed by atoms with Crippen LogP contribution < -0.4 is 11.1 Å². The maximum atomic E-state index is 11.8. The lowest BCUT2D eigenvalue weighted by Crippen LogP contribution is -2.24. The van der Waals surface area contributed by atoms with Gasteiger partial charge in [0.25, 0.3) is 5.91 Å². The van der Waals surface area contributed by atoms with Crippen molar-refractivity contribution in [2.24, 2.45) is 0 Å². The minimum Gasteiger partial charge on any atom is -0.398 e. The van der Waals surface area contributed by atoms with E-state index < -0.39 is 0 Å². The molecule has 0 aliphatic heterocycles. The molecule has 1 aromatic rings. The number of nitrogens with two attached hydrogens (primary N) is 1. The van der Waals surface area contributed by atoms with Gasteiger partial charge in [0, 0.05) is 17.8 Å². The number of hydrogen-bond acceptors (Lipinski definition) is 2. The number of anilines is 1. The monoisotopic (exact) mass is 218 g/mol. The molecule has 0 spiro atoms. The van der Waals surface area contributed by atoms with Gasteiger partial charge >= 0.3 is 0 Å². The van der Waals surface area contributed by atoms with Crippen LogP contribution in [0.4, 0.5) is 5.69 Å². The summed E-state index contributed by atoms with van der Waals surface area (Å²) in [5.74, 6) is -0.0812. The highest BCUT2D eigenvalue weighted by atomic mass is 16.1. The molecule has 0 aromatic heterocycles. The molecule has 0 unspecified atom stereocenters. The van der Waals surface area contributed by atoms with Crippen molar-refractivity contribution in [3.05, 3.63) is 41.0 Å². The summed E-state index contributed by atoms with van der Waals surface area (Å²) in [6.07, 6.45) is 1.97. The molecule has 0 radical (unpaired) electrons. The molecule has 0 heterocycles. The first-order valence-electron chi connectivity index (χ1n) is 5.29. The average Bonchev–Trinajstić information content (AvgIpc) is 2.21. The predicted octanol–water partition coefficient (Wildman–Crippen LogP) is 2.27. The lowest BCUT2D eigenvalue weighted by molar-refractivity contribution is 0.0957. The van der Waals surface area contributed by atoms with E-state index in [1.165, 1.54) is 5.57 Å². The Bertz CT molecular complexity index is 418. The number of nitrogen functional groups attached to an aromatic ring is 1. The van der Waals surface area contributed by atoms with Crippen molar-refractivity contribution >= 4 is 11.6 Å². The fourth-order valence-corrected chi connectivity index (χ4v) is 1.34. The molecule has 3 heteroatoms. The van der Waals surface area contributed by atoms with E-state index in [0.717, 1.165) is 5.56 Å². The smallest absolute Gasteiger partial charge is 0.251 e. The Kier molecular flexibility index (Phi) is 4.11. The van der Waals surface area contributed by atoms with Gasteiger partial charge in [-0.15, -0.1) is 0 Å². The lowest BCUT2D eigenvalue weighted by atomic mass is 10.1. The Balaban J connectivity index is 2.74. The van der Waals surface area contributed by atoms with Crippen LogP contribution in [0.15, 0.2) is 29.8 Å². The van der Waals surface area contributed by atoms with E-state index in [9.17, 15) is 4.79 Å². The summed E-state index contributed by atoms with van der Waals surface area (Å²) in [5, 5.41) is 2.83. The zero-order valence-electron chi connectivity index (χ0n) is 10.0. The summed E-state index contributed by atoms with van der Waals surface area (Å²) in [7, 11) is 0. The van der Waals surface area contributed by atoms with Crippen LogP contribution >= 0.6 is 0 Å². The van der Waals surface area contributed by atoms with Gasteiger partial charge in [0.1, 0.15) is 0 Å². The van der Waals surface area contributed by atoms with Crippen molar-refractivity contribution in [3.63, 3.8) is 0 Å². The van der Waals surface area contributed by atoms with Crippen molar-refractivity contribution in [1.29, 1.82) is 0 Å². The summed E-state index contributed by atoms with van der Waals surface area (Å²) in [5.41, 5.74) is 9.05. The van der Waals surface area contributed by atoms with Crippen LogP contribution in [0.2, 0.25) is 0 Å². The van der Waals surface area contributed by atoms with Gasteiger partial charge in [-0.2, -0.15) is 0 Å². The number of rotatable bonds is 3. The molecule has 0 aliphatic rings. The van der Waals surface area contributed by atoms with Crippen molar-refractivity contribution in [2.45, 2.75) is 20.8 Å². The topological polar surface area (TPSA) is 55.1 Å². The van der Waals surface area contributed by atoms with Crippen molar-refractivity contribution < 1.29 is 4.79 Å². The Labute approximate surface area is 96.3 Å². The molecule has 3 N–H and O–H groups in total. The van der Waals surface area contributed by atoms with E-state index in [2.05, 4.69) is 5.32 Å². The molecule has 0 fully saturated rings. The third-order valence-electron chi connectivity index (χ3n) is 2.39. The average molecular weight is 218 g/mol. The molecule has 0 atom stereocenters. The standard InChI is InChI=1S/C13H18N2O/c1-9(2)7-8-15-13(16)11-5-4-6-12(14)10(11)3/h4-7H,8,14H2,1-3H3,(H,15,16). The molecular formula is C13H18N2O. The van der Waals surface area contributed by atoms with E-state index in [0.29, 0.717) is 17.8 Å². The highest BCUT2D eigenvalue weighted by Crippen LogP contribution is 2.14. The van der Waals surface area contributed by atoms with Crippen LogP contribution in [-0.4, -0.2) is 12.5 Å². The Morgan fingerprint density at radius 2 is 2.12 bits per heavy atom. The molecule has 1 amide bonds. The number of nitrogens with one attached hydrogen (secondary N) is 1. The van der Waals surface area contributed by atoms with Gasteiger partial charge in [-0.1, -0.05) is 17.7 Å². The van der Waals surface area contributed by atoms with Crippen LogP contribution in [0.1, 0.15) is 29.8 Å². The van der Waals surface area contributed by atoms with Crippen molar-refractivity contribution in [2.75, 3.05) is 12.3 Å². The number of carbonyl (C=O) groups is 1. The maximum absolute atomic E-state index is 11.8. The first-order chi connectivity index (χ1) is 7.52. The zero-order valence-corrected chi connectivity index (χ0v) is 10.0. The summed E-state index contributed by atoms with van der Waals surface area (Å²) in [6.45, 7) is 6.40. The fourth-order valence-electron chi connectivity index (χ4n) is 1.34. The quantitative estimate of drug-likeness (QED) is 0.604. The minimum absolute atomic E-state index is 0.0812. The van der Waals surface area contributed by atoms with Crippen LogP contribution in [-0.2, 0) is 0 Å². The van der Waals surface area contributed by atoms with Gasteiger partial charge < -0.3 is 11.1 Å². The number of amides is 1. The van der Waals surface area contributed by atoms with E-state index in [1.54, 1.807) is 18.2 Å². The summed E-state index contributed by atoms with van der Waals surface area (Å²) in [4.78, 5) is 11.8. The molecule has 16 heavy (non-hydrogen) atoms. The first-order valence-corrected chi connectivity index (χ1v) is 5.29. The lowest BCUT2D eigenvalue weighted by Gasteiger charge is -2.08. The largest absolute Gasteiger partial charge is 0.398 e. The number of carbonyl (C=O) groups excluding carboxylic acids is 1. The van der Waals surface area contributed by atoms with E-state index >= 15 is 0 Å². The molecule has 0 bridgehead atoms. The predicted molar refractivity (Wildman–Crippen MR) is 67.4 cm³/mol. The van der Waals surface area contributed by atoms with Gasteiger partial charge in [0.05, 0.1) is 0 Å². The van der Waals surface area contributed by atoms with Gasteiger partial charge in [-0.05, 0) is 38.5 Å². The molecule has 1 aromatic carbocycles. The van der Waals surface area contributed by atoms with Gasteiger partial charge in [0.15, 0.2) is 0 Å². The Morgan fingerprint density at radius 1 is 1.44 bits per heavy atom. The van der Waals surface area contributed by atoms with Gasteiger partial charge in [0.2, 0.25) is 0 Å². The summed E-state index contributed by atoms with van der Waals surface area (Å²) in [6, 6.07) is 5.36. The third-order valence-corrected chi connectivity index (χ3v) is 2.39. The second-order valence-corrected chi connectivity index (χ2v) is 4.01. The van der Waals surface area contributed by atoms with Gasteiger partial charge in [-0.3, -0.25) is 4.79 Å². The van der Waals surface area contributed by atoms with Crippen molar-refractivity contribution in [1.82, 2.24) is 5.32 Å². The second kappa shape index (κ2) is 5.35. The molecule has 86 valence electrons. The number of benzene rings is 1. The highest BCUT2D eigenvalue weighted by Gasteiger charge is 2.08. The molecular weight excluding hydrogens is 200 g/mol. The van der Waals surface area contributed by atoms with E-state index in [4.69, 9.17) is 5.73 Å². The third kappa shape index (κ3) is 3.12. The van der Waals surface area contributed by atoms with Crippen LogP contribution in [0, 0.1) is 6.92 Å². The first kappa shape index (κ1) is 12.3. The van der Waals surface area contributed by atoms with E-state index in [-0.39, 0.29) is 5.91 Å². The van der Waals surface area contributed by atoms with Crippen molar-refractivity contribution in [3.8, 4) is 0 Å². The number of allylic oxidation sites excluding steroid dienone is 1. The minimum atomic E-state index is -0.0812. The Morgan fingerprint density at radius 3 is 2.75 bits per heavy atom. The Hall–Kier alpha value is -1.77. The normalized spacial score (nSPS) is 9.69. The zero-order chi connectivity index (χ0) is 12.1. The van der Waals surface area contributed by atoms with Crippen LogP contribution in [0.25, 0.3) is 0 Å². The summed E-state index contributed by atoms with van der Waals surface area (Å²) < 4.78 is 0. The highest BCUT2D eigenvalue weighted by molar-refractivity contribution is 5.96. The second-order valence-electron chi connectivity index (χ2n) is 4.01. The van der Waals surface area contributed by atoms with Crippen LogP contribution in [0.3, 0.4) is 0 Å². The molecule has 0 saturated carbocycles. The molecule has 3 nitrogen and oxygen atoms in total. The van der Waals surface area contributed by atoms with Crippen LogP contribution in [0.5, 0.6) is 0 Å². The molecule has 1 rings (SSSR count). The summed E-state index contributed by atoms with van der Waals surface area (Å²) >= 11 is 0.